The highest BCUT2D eigenvalue weighted by Gasteiger charge is 1.95. The van der Waals surface area contributed by atoms with E-state index in [0.717, 1.165) is 5.57 Å². The first kappa shape index (κ1) is 10.7. The zero-order chi connectivity index (χ0) is 9.40. The predicted octanol–water partition coefficient (Wildman–Crippen LogP) is 2.54. The Kier molecular flexibility index (Phi) is 5.70. The van der Waals surface area contributed by atoms with Gasteiger partial charge in [-0.25, -0.2) is 0 Å². The minimum Gasteiger partial charge on any atom is -0.481 e. The molecule has 0 fully saturated rings. The molecule has 0 aromatic rings. The summed E-state index contributed by atoms with van der Waals surface area (Å²) in [5.41, 5.74) is 0.850. The molecule has 0 atom stereocenters. The van der Waals surface area contributed by atoms with E-state index < -0.39 is 5.97 Å². The topological polar surface area (TPSA) is 37.3 Å². The Bertz CT molecular complexity index is 222. The summed E-state index contributed by atoms with van der Waals surface area (Å²) >= 11 is 0. The summed E-state index contributed by atoms with van der Waals surface area (Å²) in [6, 6.07) is 0. The molecule has 0 saturated carbocycles. The largest absolute Gasteiger partial charge is 0.481 e. The maximum atomic E-state index is 10.2. The van der Waals surface area contributed by atoms with Crippen molar-refractivity contribution in [2.75, 3.05) is 0 Å². The average molecular weight is 166 g/mol. The van der Waals surface area contributed by atoms with Crippen LogP contribution in [0.4, 0.5) is 0 Å². The molecule has 12 heavy (non-hydrogen) atoms. The normalized spacial score (nSPS) is 13.0. The highest BCUT2D eigenvalue weighted by atomic mass is 16.4. The van der Waals surface area contributed by atoms with Gasteiger partial charge in [0.1, 0.15) is 0 Å². The summed E-state index contributed by atoms with van der Waals surface area (Å²) in [4.78, 5) is 10.2. The van der Waals surface area contributed by atoms with Crippen LogP contribution in [0.15, 0.2) is 36.0 Å². The number of hydrogen-bond acceptors (Lipinski definition) is 1. The van der Waals surface area contributed by atoms with Crippen molar-refractivity contribution in [3.8, 4) is 0 Å². The molecule has 0 bridgehead atoms. The molecular formula is C10H14O2. The van der Waals surface area contributed by atoms with Gasteiger partial charge in [-0.05, 0) is 13.8 Å². The lowest BCUT2D eigenvalue weighted by molar-refractivity contribution is -0.136. The lowest BCUT2D eigenvalue weighted by atomic mass is 10.2. The van der Waals surface area contributed by atoms with E-state index in [2.05, 4.69) is 0 Å². The van der Waals surface area contributed by atoms with Crippen LogP contribution in [-0.4, -0.2) is 11.1 Å². The van der Waals surface area contributed by atoms with Gasteiger partial charge in [-0.1, -0.05) is 36.0 Å². The molecule has 0 aliphatic carbocycles. The number of hydrogen-bond donors (Lipinski definition) is 1. The second-order valence-electron chi connectivity index (χ2n) is 2.49. The first-order valence-corrected chi connectivity index (χ1v) is 3.83. The number of rotatable bonds is 4. The van der Waals surface area contributed by atoms with Crippen molar-refractivity contribution < 1.29 is 9.90 Å². The number of carboxylic acid groups (broad SMARTS) is 1. The summed E-state index contributed by atoms with van der Waals surface area (Å²) < 4.78 is 0. The van der Waals surface area contributed by atoms with Crippen molar-refractivity contribution in [3.05, 3.63) is 36.0 Å². The Morgan fingerprint density at radius 3 is 2.50 bits per heavy atom. The van der Waals surface area contributed by atoms with Crippen LogP contribution in [0.1, 0.15) is 20.3 Å². The first-order chi connectivity index (χ1) is 5.66. The van der Waals surface area contributed by atoms with Gasteiger partial charge < -0.3 is 5.11 Å². The lowest BCUT2D eigenvalue weighted by Gasteiger charge is -1.91. The number of allylic oxidation sites excluding steroid dienone is 5. The molecule has 0 aliphatic rings. The maximum Gasteiger partial charge on any atom is 0.307 e. The molecule has 0 radical (unpaired) electrons. The van der Waals surface area contributed by atoms with Gasteiger partial charge in [0.05, 0.1) is 6.42 Å². The van der Waals surface area contributed by atoms with E-state index in [1.165, 1.54) is 0 Å². The van der Waals surface area contributed by atoms with Crippen LogP contribution in [0.5, 0.6) is 0 Å². The fourth-order valence-corrected chi connectivity index (χ4v) is 0.693. The molecule has 0 heterocycles. The van der Waals surface area contributed by atoms with Crippen molar-refractivity contribution in [2.24, 2.45) is 0 Å². The van der Waals surface area contributed by atoms with E-state index in [0.29, 0.717) is 0 Å². The van der Waals surface area contributed by atoms with Gasteiger partial charge >= 0.3 is 5.97 Å². The molecule has 0 aromatic heterocycles. The second kappa shape index (κ2) is 6.40. The monoisotopic (exact) mass is 166 g/mol. The van der Waals surface area contributed by atoms with E-state index in [1.54, 1.807) is 13.0 Å². The molecule has 1 N–H and O–H groups in total. The zero-order valence-corrected chi connectivity index (χ0v) is 7.45. The summed E-state index contributed by atoms with van der Waals surface area (Å²) in [6.45, 7) is 3.73. The van der Waals surface area contributed by atoms with Crippen molar-refractivity contribution >= 4 is 5.97 Å². The van der Waals surface area contributed by atoms with Gasteiger partial charge in [0.25, 0.3) is 0 Å². The van der Waals surface area contributed by atoms with Crippen LogP contribution < -0.4 is 0 Å². The Morgan fingerprint density at radius 2 is 2.00 bits per heavy atom. The smallest absolute Gasteiger partial charge is 0.307 e. The average Bonchev–Trinajstić information content (AvgIpc) is 1.97. The number of carbonyl (C=O) groups is 1. The maximum absolute atomic E-state index is 10.2. The minimum atomic E-state index is -0.789. The fraction of sp³-hybridized carbons (Fsp3) is 0.300. The molecule has 0 rings (SSSR count). The molecule has 0 aromatic carbocycles. The number of aliphatic carboxylic acids is 1. The summed E-state index contributed by atoms with van der Waals surface area (Å²) in [6.07, 6.45) is 9.42. The molecule has 0 saturated heterocycles. The van der Waals surface area contributed by atoms with Crippen LogP contribution in [0.25, 0.3) is 0 Å². The molecule has 0 amide bonds. The first-order valence-electron chi connectivity index (χ1n) is 3.83. The van der Waals surface area contributed by atoms with Crippen molar-refractivity contribution in [1.82, 2.24) is 0 Å². The van der Waals surface area contributed by atoms with Gasteiger partial charge in [0.15, 0.2) is 0 Å². The quantitative estimate of drug-likeness (QED) is 0.651. The van der Waals surface area contributed by atoms with E-state index in [9.17, 15) is 4.79 Å². The molecule has 2 nitrogen and oxygen atoms in total. The Balaban J connectivity index is 3.91. The van der Waals surface area contributed by atoms with Crippen molar-refractivity contribution in [2.45, 2.75) is 20.3 Å². The van der Waals surface area contributed by atoms with E-state index in [1.807, 2.05) is 31.2 Å². The minimum absolute atomic E-state index is 0.111. The van der Waals surface area contributed by atoms with E-state index >= 15 is 0 Å². The van der Waals surface area contributed by atoms with Gasteiger partial charge in [-0.15, -0.1) is 0 Å². The van der Waals surface area contributed by atoms with Gasteiger partial charge in [0.2, 0.25) is 0 Å². The van der Waals surface area contributed by atoms with Crippen molar-refractivity contribution in [3.63, 3.8) is 0 Å². The summed E-state index contributed by atoms with van der Waals surface area (Å²) in [5, 5.41) is 8.41. The summed E-state index contributed by atoms with van der Waals surface area (Å²) in [5.74, 6) is -0.789. The zero-order valence-electron chi connectivity index (χ0n) is 7.45. The van der Waals surface area contributed by atoms with Crippen LogP contribution >= 0.6 is 0 Å². The van der Waals surface area contributed by atoms with Gasteiger partial charge in [-0.3, -0.25) is 4.79 Å². The standard InChI is InChI=1S/C10H14O2/c1-3-4-5-6-7-9(2)8-10(11)12/h3-7H,8H2,1-2H3,(H,11,12)/b4-3?,6-5?,9-7+. The second-order valence-corrected chi connectivity index (χ2v) is 2.49. The van der Waals surface area contributed by atoms with E-state index in [-0.39, 0.29) is 6.42 Å². The third-order valence-corrected chi connectivity index (χ3v) is 1.23. The highest BCUT2D eigenvalue weighted by Crippen LogP contribution is 1.99. The van der Waals surface area contributed by atoms with E-state index in [4.69, 9.17) is 5.11 Å². The molecule has 66 valence electrons. The Morgan fingerprint density at radius 1 is 1.33 bits per heavy atom. The van der Waals surface area contributed by atoms with Gasteiger partial charge in [-0.2, -0.15) is 0 Å². The van der Waals surface area contributed by atoms with Crippen LogP contribution in [0.2, 0.25) is 0 Å². The third kappa shape index (κ3) is 6.81. The molecule has 2 heteroatoms. The predicted molar refractivity (Wildman–Crippen MR) is 50.0 cm³/mol. The molecule has 0 unspecified atom stereocenters. The highest BCUT2D eigenvalue weighted by molar-refractivity contribution is 5.69. The molecule has 0 spiro atoms. The number of carboxylic acids is 1. The SMILES string of the molecule is CC=CC=C/C=C(\C)CC(=O)O. The molecular weight excluding hydrogens is 152 g/mol. The fourth-order valence-electron chi connectivity index (χ4n) is 0.693. The van der Waals surface area contributed by atoms with Crippen molar-refractivity contribution in [1.29, 1.82) is 0 Å². The molecule has 0 aliphatic heterocycles. The Labute approximate surface area is 72.9 Å². The summed E-state index contributed by atoms with van der Waals surface area (Å²) in [7, 11) is 0. The van der Waals surface area contributed by atoms with Crippen LogP contribution in [0, 0.1) is 0 Å². The third-order valence-electron chi connectivity index (χ3n) is 1.23. The van der Waals surface area contributed by atoms with Gasteiger partial charge in [0, 0.05) is 0 Å². The van der Waals surface area contributed by atoms with Crippen LogP contribution in [-0.2, 0) is 4.79 Å². The lowest BCUT2D eigenvalue weighted by Crippen LogP contribution is -1.93. The Hall–Kier alpha value is -1.31. The van der Waals surface area contributed by atoms with Crippen LogP contribution in [0.3, 0.4) is 0 Å².